The van der Waals surface area contributed by atoms with Crippen LogP contribution in [0.15, 0.2) is 54.7 Å². The summed E-state index contributed by atoms with van der Waals surface area (Å²) in [5.41, 5.74) is 13.6. The number of aromatic amines is 1. The predicted octanol–water partition coefficient (Wildman–Crippen LogP) is 0.574. The normalized spacial score (nSPS) is 13.6. The Morgan fingerprint density at radius 2 is 1.68 bits per heavy atom. The van der Waals surface area contributed by atoms with Gasteiger partial charge in [-0.3, -0.25) is 19.8 Å². The molecule has 0 unspecified atom stereocenters. The number of phenols is 1. The molecular formula is C24H30N6O4. The van der Waals surface area contributed by atoms with E-state index in [9.17, 15) is 19.5 Å². The molecule has 0 radical (unpaired) electrons. The summed E-state index contributed by atoms with van der Waals surface area (Å²) >= 11 is 0. The average molecular weight is 467 g/mol. The Morgan fingerprint density at radius 3 is 2.38 bits per heavy atom. The van der Waals surface area contributed by atoms with E-state index in [1.807, 2.05) is 24.3 Å². The van der Waals surface area contributed by atoms with E-state index in [1.54, 1.807) is 37.4 Å². The fourth-order valence-corrected chi connectivity index (χ4v) is 3.37. The van der Waals surface area contributed by atoms with Crippen molar-refractivity contribution in [1.82, 2.24) is 26.5 Å². The second-order valence-corrected chi connectivity index (χ2v) is 8.15. The molecule has 0 fully saturated rings. The number of nitrogens with two attached hydrogens (primary N) is 1. The van der Waals surface area contributed by atoms with Crippen molar-refractivity contribution in [2.24, 2.45) is 5.73 Å². The lowest BCUT2D eigenvalue weighted by atomic mass is 10.0. The number of carbonyl (C=O) groups is 3. The molecule has 0 bridgehead atoms. The van der Waals surface area contributed by atoms with Gasteiger partial charge in [0.2, 0.25) is 11.8 Å². The largest absolute Gasteiger partial charge is 0.508 e. The highest BCUT2D eigenvalue weighted by Gasteiger charge is 2.26. The highest BCUT2D eigenvalue weighted by atomic mass is 16.3. The molecule has 0 saturated heterocycles. The minimum Gasteiger partial charge on any atom is -0.508 e. The number of nitrogens with one attached hydrogen (secondary N) is 5. The molecule has 0 spiro atoms. The Morgan fingerprint density at radius 1 is 0.971 bits per heavy atom. The summed E-state index contributed by atoms with van der Waals surface area (Å²) < 4.78 is 0. The molecule has 3 rings (SSSR count). The number of para-hydroxylation sites is 1. The first-order valence-electron chi connectivity index (χ1n) is 11.0. The van der Waals surface area contributed by atoms with E-state index in [-0.39, 0.29) is 12.2 Å². The first kappa shape index (κ1) is 24.7. The third-order valence-corrected chi connectivity index (χ3v) is 5.34. The number of amides is 3. The minimum atomic E-state index is -0.919. The number of fused-ring (bicyclic) bond motifs is 1. The van der Waals surface area contributed by atoms with Gasteiger partial charge in [-0.15, -0.1) is 0 Å². The van der Waals surface area contributed by atoms with Gasteiger partial charge < -0.3 is 26.5 Å². The van der Waals surface area contributed by atoms with Crippen LogP contribution in [0.5, 0.6) is 5.75 Å². The monoisotopic (exact) mass is 466 g/mol. The second kappa shape index (κ2) is 11.3. The van der Waals surface area contributed by atoms with Gasteiger partial charge >= 0.3 is 0 Å². The topological polar surface area (TPSA) is 161 Å². The molecule has 3 atom stereocenters. The van der Waals surface area contributed by atoms with Crippen LogP contribution in [-0.2, 0) is 27.3 Å². The van der Waals surface area contributed by atoms with Gasteiger partial charge in [-0.25, -0.2) is 5.43 Å². The van der Waals surface area contributed by atoms with E-state index in [4.69, 9.17) is 5.73 Å². The molecular weight excluding hydrogens is 436 g/mol. The van der Waals surface area contributed by atoms with E-state index in [2.05, 4.69) is 26.5 Å². The number of benzene rings is 2. The van der Waals surface area contributed by atoms with Gasteiger partial charge in [0.1, 0.15) is 17.8 Å². The number of hydrogen-bond donors (Lipinski definition) is 7. The van der Waals surface area contributed by atoms with E-state index in [0.717, 1.165) is 22.0 Å². The molecule has 3 aromatic rings. The molecule has 1 heterocycles. The number of H-pyrrole nitrogens is 1. The highest BCUT2D eigenvalue weighted by molar-refractivity contribution is 5.93. The molecule has 0 aliphatic rings. The maximum atomic E-state index is 13.0. The van der Waals surface area contributed by atoms with Crippen molar-refractivity contribution in [1.29, 1.82) is 0 Å². The number of phenolic OH excluding ortho intramolecular Hbond substituents is 1. The van der Waals surface area contributed by atoms with Crippen LogP contribution in [0.25, 0.3) is 10.9 Å². The molecule has 3 amide bonds. The molecule has 8 N–H and O–H groups in total. The van der Waals surface area contributed by atoms with Crippen molar-refractivity contribution in [2.45, 2.75) is 44.9 Å². The molecule has 10 heteroatoms. The lowest BCUT2D eigenvalue weighted by molar-refractivity contribution is -0.132. The highest BCUT2D eigenvalue weighted by Crippen LogP contribution is 2.19. The Kier molecular flexibility index (Phi) is 8.23. The number of carbonyl (C=O) groups excluding carboxylic acids is 3. The third kappa shape index (κ3) is 6.56. The van der Waals surface area contributed by atoms with Crippen molar-refractivity contribution in [2.75, 3.05) is 0 Å². The zero-order chi connectivity index (χ0) is 24.7. The summed E-state index contributed by atoms with van der Waals surface area (Å²) in [4.78, 5) is 40.8. The number of aromatic hydroxyl groups is 1. The first-order valence-corrected chi connectivity index (χ1v) is 11.0. The minimum absolute atomic E-state index is 0.155. The number of hydrogen-bond acceptors (Lipinski definition) is 6. The van der Waals surface area contributed by atoms with Gasteiger partial charge in [0, 0.05) is 30.1 Å². The van der Waals surface area contributed by atoms with Crippen molar-refractivity contribution in [3.63, 3.8) is 0 Å². The van der Waals surface area contributed by atoms with Crippen LogP contribution >= 0.6 is 0 Å². The van der Waals surface area contributed by atoms with Gasteiger partial charge in [-0.2, -0.15) is 0 Å². The molecule has 2 aromatic carbocycles. The molecule has 0 saturated carbocycles. The maximum Gasteiger partial charge on any atom is 0.256 e. The van der Waals surface area contributed by atoms with E-state index >= 15 is 0 Å². The Balaban J connectivity index is 1.61. The Bertz CT molecular complexity index is 1140. The van der Waals surface area contributed by atoms with E-state index in [0.29, 0.717) is 6.54 Å². The predicted molar refractivity (Wildman–Crippen MR) is 128 cm³/mol. The second-order valence-electron chi connectivity index (χ2n) is 8.15. The number of rotatable bonds is 10. The van der Waals surface area contributed by atoms with Crippen LogP contribution < -0.4 is 27.2 Å². The van der Waals surface area contributed by atoms with Crippen LogP contribution in [0.3, 0.4) is 0 Å². The van der Waals surface area contributed by atoms with Crippen molar-refractivity contribution >= 4 is 28.6 Å². The molecule has 1 aromatic heterocycles. The maximum absolute atomic E-state index is 13.0. The lowest BCUT2D eigenvalue weighted by Gasteiger charge is -2.22. The third-order valence-electron chi connectivity index (χ3n) is 5.34. The molecule has 10 nitrogen and oxygen atoms in total. The zero-order valence-corrected chi connectivity index (χ0v) is 19.1. The molecule has 34 heavy (non-hydrogen) atoms. The summed E-state index contributed by atoms with van der Waals surface area (Å²) in [6, 6.07) is 11.6. The van der Waals surface area contributed by atoms with Crippen LogP contribution in [0.4, 0.5) is 0 Å². The van der Waals surface area contributed by atoms with Crippen LogP contribution in [0, 0.1) is 0 Å². The SMILES string of the molecule is C[C@H](N)C(=O)N[C@H](Cc1c[nH]c2ccccc12)C(=O)N[C@@H](C)C(=O)NNCc1ccc(O)cc1. The quantitative estimate of drug-likeness (QED) is 0.216. The zero-order valence-electron chi connectivity index (χ0n) is 19.1. The summed E-state index contributed by atoms with van der Waals surface area (Å²) in [5, 5.41) is 15.6. The van der Waals surface area contributed by atoms with Crippen molar-refractivity contribution in [3.05, 3.63) is 65.9 Å². The van der Waals surface area contributed by atoms with Crippen molar-refractivity contribution in [3.8, 4) is 5.75 Å². The lowest BCUT2D eigenvalue weighted by Crippen LogP contribution is -2.56. The van der Waals surface area contributed by atoms with Gasteiger partial charge in [-0.05, 0) is 43.2 Å². The fraction of sp³-hybridized carbons (Fsp3) is 0.292. The van der Waals surface area contributed by atoms with Crippen LogP contribution in [-0.4, -0.2) is 45.9 Å². The summed E-state index contributed by atoms with van der Waals surface area (Å²) in [5.74, 6) is -1.26. The first-order chi connectivity index (χ1) is 16.2. The van der Waals surface area contributed by atoms with E-state index in [1.165, 1.54) is 6.92 Å². The van der Waals surface area contributed by atoms with Gasteiger partial charge in [-0.1, -0.05) is 30.3 Å². The Hall–Kier alpha value is -3.89. The summed E-state index contributed by atoms with van der Waals surface area (Å²) in [6.45, 7) is 3.41. The van der Waals surface area contributed by atoms with Crippen LogP contribution in [0.2, 0.25) is 0 Å². The fourth-order valence-electron chi connectivity index (χ4n) is 3.37. The van der Waals surface area contributed by atoms with Gasteiger partial charge in [0.05, 0.1) is 6.04 Å². The number of aromatic nitrogens is 1. The molecule has 180 valence electrons. The Labute approximate surface area is 197 Å². The summed E-state index contributed by atoms with van der Waals surface area (Å²) in [7, 11) is 0. The van der Waals surface area contributed by atoms with Crippen molar-refractivity contribution < 1.29 is 19.5 Å². The van der Waals surface area contributed by atoms with Crippen LogP contribution in [0.1, 0.15) is 25.0 Å². The van der Waals surface area contributed by atoms with Gasteiger partial charge in [0.15, 0.2) is 0 Å². The standard InChI is InChI=1S/C24H30N6O4/c1-14(25)22(32)29-21(11-17-13-26-20-6-4-3-5-19(17)20)24(34)28-15(2)23(33)30-27-12-16-7-9-18(31)10-8-16/h3-10,13-15,21,26-27,31H,11-12,25H2,1-2H3,(H,28,34)(H,29,32)(H,30,33)/t14-,15-,21+/m0/s1. The number of hydrazine groups is 1. The molecule has 0 aliphatic carbocycles. The average Bonchev–Trinajstić information content (AvgIpc) is 3.22. The van der Waals surface area contributed by atoms with Gasteiger partial charge in [0.25, 0.3) is 5.91 Å². The molecule has 0 aliphatic heterocycles. The van der Waals surface area contributed by atoms with E-state index < -0.39 is 35.8 Å². The smallest absolute Gasteiger partial charge is 0.256 e. The summed E-state index contributed by atoms with van der Waals surface area (Å²) in [6.07, 6.45) is 2.02.